The molecule has 0 bridgehead atoms. The van der Waals surface area contributed by atoms with Crippen LogP contribution >= 0.6 is 11.3 Å². The molecular formula is C21H21N5O4S. The smallest absolute Gasteiger partial charge is 0.271 e. The molecule has 0 spiro atoms. The zero-order valence-electron chi connectivity index (χ0n) is 17.3. The molecule has 3 aromatic heterocycles. The summed E-state index contributed by atoms with van der Waals surface area (Å²) < 4.78 is 14.3. The summed E-state index contributed by atoms with van der Waals surface area (Å²) in [5.74, 6) is 0.997. The van der Waals surface area contributed by atoms with E-state index in [2.05, 4.69) is 15.4 Å². The Balaban J connectivity index is 1.49. The molecule has 1 N–H and O–H groups in total. The summed E-state index contributed by atoms with van der Waals surface area (Å²) in [6.07, 6.45) is 1.50. The molecule has 160 valence electrons. The van der Waals surface area contributed by atoms with Crippen LogP contribution in [0.3, 0.4) is 0 Å². The van der Waals surface area contributed by atoms with Gasteiger partial charge in [0.25, 0.3) is 11.5 Å². The number of carbonyl (C=O) groups is 1. The van der Waals surface area contributed by atoms with Gasteiger partial charge in [0.05, 0.1) is 31.8 Å². The van der Waals surface area contributed by atoms with E-state index in [0.717, 1.165) is 5.56 Å². The molecule has 0 aliphatic carbocycles. The maximum absolute atomic E-state index is 12.7. The standard InChI is InChI=1S/C21H21N5O4S/c1-25-17(11-16(24-25)14-10-13(29-2)4-5-18(14)30-3)20(27)22-7-8-26-12-23-15-6-9-31-19(15)21(26)28/h4-6,9-12H,7-8H2,1-3H3,(H,22,27). The summed E-state index contributed by atoms with van der Waals surface area (Å²) in [7, 11) is 4.86. The Bertz CT molecular complexity index is 1310. The zero-order chi connectivity index (χ0) is 22.0. The number of amides is 1. The number of carbonyl (C=O) groups excluding carboxylic acids is 1. The minimum atomic E-state index is -0.290. The molecule has 4 aromatic rings. The van der Waals surface area contributed by atoms with Crippen molar-refractivity contribution in [3.05, 3.63) is 58.1 Å². The quantitative estimate of drug-likeness (QED) is 0.474. The fraction of sp³-hybridized carbons (Fsp3) is 0.238. The number of hydrogen-bond acceptors (Lipinski definition) is 7. The maximum Gasteiger partial charge on any atom is 0.271 e. The van der Waals surface area contributed by atoms with Crippen molar-refractivity contribution in [3.8, 4) is 22.8 Å². The van der Waals surface area contributed by atoms with Gasteiger partial charge < -0.3 is 14.8 Å². The summed E-state index contributed by atoms with van der Waals surface area (Å²) in [5, 5.41) is 9.12. The average molecular weight is 439 g/mol. The first-order chi connectivity index (χ1) is 15.0. The number of aryl methyl sites for hydroxylation is 1. The van der Waals surface area contributed by atoms with Crippen molar-refractivity contribution in [1.82, 2.24) is 24.6 Å². The lowest BCUT2D eigenvalue weighted by Gasteiger charge is -2.08. The maximum atomic E-state index is 12.7. The molecule has 0 atom stereocenters. The molecule has 0 unspecified atom stereocenters. The van der Waals surface area contributed by atoms with Crippen molar-refractivity contribution < 1.29 is 14.3 Å². The second kappa shape index (κ2) is 8.60. The molecule has 0 aliphatic rings. The lowest BCUT2D eigenvalue weighted by atomic mass is 10.1. The first kappa shape index (κ1) is 20.6. The van der Waals surface area contributed by atoms with Crippen molar-refractivity contribution in [2.24, 2.45) is 7.05 Å². The van der Waals surface area contributed by atoms with Gasteiger partial charge in [-0.1, -0.05) is 0 Å². The highest BCUT2D eigenvalue weighted by Crippen LogP contribution is 2.32. The third-order valence-corrected chi connectivity index (χ3v) is 5.76. The topological polar surface area (TPSA) is 100 Å². The molecule has 0 fully saturated rings. The summed E-state index contributed by atoms with van der Waals surface area (Å²) >= 11 is 1.36. The number of hydrogen-bond donors (Lipinski definition) is 1. The number of rotatable bonds is 7. The average Bonchev–Trinajstić information content (AvgIpc) is 3.42. The van der Waals surface area contributed by atoms with Crippen molar-refractivity contribution in [2.45, 2.75) is 6.54 Å². The van der Waals surface area contributed by atoms with E-state index in [4.69, 9.17) is 9.47 Å². The summed E-state index contributed by atoms with van der Waals surface area (Å²) in [6, 6.07) is 8.90. The van der Waals surface area contributed by atoms with Crippen LogP contribution in [0.2, 0.25) is 0 Å². The van der Waals surface area contributed by atoms with Crippen molar-refractivity contribution in [1.29, 1.82) is 0 Å². The minimum absolute atomic E-state index is 0.109. The van der Waals surface area contributed by atoms with Crippen LogP contribution in [0.1, 0.15) is 10.5 Å². The molecule has 3 heterocycles. The Hall–Kier alpha value is -3.66. The van der Waals surface area contributed by atoms with Gasteiger partial charge in [0, 0.05) is 25.7 Å². The van der Waals surface area contributed by atoms with Gasteiger partial charge in [-0.3, -0.25) is 18.8 Å². The highest BCUT2D eigenvalue weighted by Gasteiger charge is 2.17. The molecule has 0 aliphatic heterocycles. The van der Waals surface area contributed by atoms with Gasteiger partial charge in [-0.25, -0.2) is 4.98 Å². The van der Waals surface area contributed by atoms with Crippen LogP contribution in [-0.4, -0.2) is 46.0 Å². The SMILES string of the molecule is COc1ccc(OC)c(-c2cc(C(=O)NCCn3cnc4ccsc4c3=O)n(C)n2)c1. The van der Waals surface area contributed by atoms with E-state index >= 15 is 0 Å². The first-order valence-corrected chi connectivity index (χ1v) is 10.4. The molecule has 10 heteroatoms. The third-order valence-electron chi connectivity index (χ3n) is 4.87. The molecular weight excluding hydrogens is 418 g/mol. The van der Waals surface area contributed by atoms with Gasteiger partial charge in [-0.05, 0) is 35.7 Å². The van der Waals surface area contributed by atoms with Crippen LogP contribution in [0, 0.1) is 0 Å². The number of ether oxygens (including phenoxy) is 2. The number of thiophene rings is 1. The van der Waals surface area contributed by atoms with E-state index in [1.54, 1.807) is 39.5 Å². The van der Waals surface area contributed by atoms with Gasteiger partial charge in [0.2, 0.25) is 0 Å². The predicted octanol–water partition coefficient (Wildman–Crippen LogP) is 2.31. The van der Waals surface area contributed by atoms with Crippen LogP contribution in [0.15, 0.2) is 46.8 Å². The van der Waals surface area contributed by atoms with Crippen molar-refractivity contribution in [2.75, 3.05) is 20.8 Å². The van der Waals surface area contributed by atoms with Gasteiger partial charge in [0.15, 0.2) is 0 Å². The third kappa shape index (κ3) is 4.02. The van der Waals surface area contributed by atoms with Crippen LogP contribution < -0.4 is 20.3 Å². The molecule has 1 aromatic carbocycles. The van der Waals surface area contributed by atoms with E-state index in [1.807, 2.05) is 17.5 Å². The summed E-state index contributed by atoms with van der Waals surface area (Å²) in [4.78, 5) is 29.4. The van der Waals surface area contributed by atoms with Gasteiger partial charge in [-0.15, -0.1) is 11.3 Å². The van der Waals surface area contributed by atoms with Gasteiger partial charge in [0.1, 0.15) is 21.9 Å². The largest absolute Gasteiger partial charge is 0.497 e. The second-order valence-corrected chi connectivity index (χ2v) is 7.65. The lowest BCUT2D eigenvalue weighted by Crippen LogP contribution is -2.31. The normalized spacial score (nSPS) is 10.9. The Kier molecular flexibility index (Phi) is 5.72. The molecule has 0 saturated carbocycles. The Labute approximate surface area is 181 Å². The van der Waals surface area contributed by atoms with E-state index in [-0.39, 0.29) is 18.0 Å². The fourth-order valence-electron chi connectivity index (χ4n) is 3.24. The zero-order valence-corrected chi connectivity index (χ0v) is 18.1. The molecule has 1 amide bonds. The summed E-state index contributed by atoms with van der Waals surface area (Å²) in [6.45, 7) is 0.597. The van der Waals surface area contributed by atoms with Gasteiger partial charge >= 0.3 is 0 Å². The lowest BCUT2D eigenvalue weighted by molar-refractivity contribution is 0.0942. The highest BCUT2D eigenvalue weighted by molar-refractivity contribution is 7.17. The number of fused-ring (bicyclic) bond motifs is 1. The van der Waals surface area contributed by atoms with E-state index in [0.29, 0.717) is 39.6 Å². The van der Waals surface area contributed by atoms with Crippen LogP contribution in [0.25, 0.3) is 21.5 Å². The van der Waals surface area contributed by atoms with Crippen LogP contribution in [0.5, 0.6) is 11.5 Å². The number of nitrogens with zero attached hydrogens (tertiary/aromatic N) is 4. The van der Waals surface area contributed by atoms with E-state index in [1.165, 1.54) is 26.9 Å². The van der Waals surface area contributed by atoms with Gasteiger partial charge in [-0.2, -0.15) is 5.10 Å². The van der Waals surface area contributed by atoms with Crippen LogP contribution in [0.4, 0.5) is 0 Å². The van der Waals surface area contributed by atoms with E-state index in [9.17, 15) is 9.59 Å². The Morgan fingerprint density at radius 2 is 2.03 bits per heavy atom. The number of nitrogens with one attached hydrogen (secondary N) is 1. The van der Waals surface area contributed by atoms with Crippen molar-refractivity contribution in [3.63, 3.8) is 0 Å². The molecule has 0 radical (unpaired) electrons. The number of methoxy groups -OCH3 is 2. The number of benzene rings is 1. The molecule has 31 heavy (non-hydrogen) atoms. The first-order valence-electron chi connectivity index (χ1n) is 9.49. The number of aromatic nitrogens is 4. The second-order valence-electron chi connectivity index (χ2n) is 6.74. The van der Waals surface area contributed by atoms with Crippen molar-refractivity contribution >= 4 is 27.5 Å². The monoisotopic (exact) mass is 439 g/mol. The fourth-order valence-corrected chi connectivity index (χ4v) is 4.04. The molecule has 4 rings (SSSR count). The Morgan fingerprint density at radius 3 is 2.81 bits per heavy atom. The minimum Gasteiger partial charge on any atom is -0.497 e. The predicted molar refractivity (Wildman–Crippen MR) is 118 cm³/mol. The summed E-state index contributed by atoms with van der Waals surface area (Å²) in [5.41, 5.74) is 2.28. The Morgan fingerprint density at radius 1 is 1.19 bits per heavy atom. The highest BCUT2D eigenvalue weighted by atomic mass is 32.1. The van der Waals surface area contributed by atoms with E-state index < -0.39 is 0 Å². The van der Waals surface area contributed by atoms with Crippen LogP contribution in [-0.2, 0) is 13.6 Å². The molecule has 9 nitrogen and oxygen atoms in total. The molecule has 0 saturated heterocycles.